The van der Waals surface area contributed by atoms with Crippen LogP contribution in [0, 0.1) is 6.92 Å². The van der Waals surface area contributed by atoms with E-state index >= 15 is 0 Å². The van der Waals surface area contributed by atoms with Gasteiger partial charge in [-0.15, -0.1) is 0 Å². The van der Waals surface area contributed by atoms with Crippen LogP contribution >= 0.6 is 0 Å². The maximum Gasteiger partial charge on any atom is 0.245 e. The summed E-state index contributed by atoms with van der Waals surface area (Å²) >= 11 is 0. The number of rotatable bonds is 5. The Morgan fingerprint density at radius 3 is 2.52 bits per heavy atom. The number of anilines is 1. The largest absolute Gasteiger partial charge is 0.338 e. The van der Waals surface area contributed by atoms with Crippen LogP contribution < -0.4 is 4.90 Å². The summed E-state index contributed by atoms with van der Waals surface area (Å²) in [4.78, 5) is 32.0. The topological polar surface area (TPSA) is 61.7 Å². The van der Waals surface area contributed by atoms with Gasteiger partial charge in [-0.05, 0) is 18.9 Å². The maximum absolute atomic E-state index is 13.3. The van der Waals surface area contributed by atoms with Crippen LogP contribution in [0.5, 0.6) is 0 Å². The SMILES string of the molecule is CCC(C(=O)N1CCN(Cc2ccccc2)CC1)N1C(=O)CCn2nc(C)cc21. The van der Waals surface area contributed by atoms with Gasteiger partial charge >= 0.3 is 0 Å². The molecule has 2 aliphatic heterocycles. The molecule has 0 spiro atoms. The van der Waals surface area contributed by atoms with Gasteiger partial charge in [0.1, 0.15) is 11.9 Å². The van der Waals surface area contributed by atoms with Gasteiger partial charge in [-0.2, -0.15) is 5.10 Å². The van der Waals surface area contributed by atoms with Crippen molar-refractivity contribution in [3.05, 3.63) is 47.7 Å². The zero-order chi connectivity index (χ0) is 20.4. The van der Waals surface area contributed by atoms with Crippen LogP contribution in [0.1, 0.15) is 31.0 Å². The Balaban J connectivity index is 1.43. The van der Waals surface area contributed by atoms with E-state index in [4.69, 9.17) is 0 Å². The third kappa shape index (κ3) is 4.05. The second-order valence-electron chi connectivity index (χ2n) is 7.89. The molecule has 2 amide bonds. The molecule has 7 heteroatoms. The molecule has 29 heavy (non-hydrogen) atoms. The van der Waals surface area contributed by atoms with Gasteiger partial charge in [-0.1, -0.05) is 37.3 Å². The highest BCUT2D eigenvalue weighted by Gasteiger charge is 2.37. The van der Waals surface area contributed by atoms with E-state index in [0.717, 1.165) is 31.1 Å². The van der Waals surface area contributed by atoms with Gasteiger partial charge in [0.15, 0.2) is 0 Å². The Bertz CT molecular complexity index is 871. The number of benzene rings is 1. The zero-order valence-corrected chi connectivity index (χ0v) is 17.3. The fourth-order valence-corrected chi connectivity index (χ4v) is 4.32. The number of nitrogens with zero attached hydrogens (tertiary/aromatic N) is 5. The van der Waals surface area contributed by atoms with Crippen molar-refractivity contribution in [3.8, 4) is 0 Å². The van der Waals surface area contributed by atoms with Crippen LogP contribution in [0.2, 0.25) is 0 Å². The van der Waals surface area contributed by atoms with Crippen molar-refractivity contribution in [2.75, 3.05) is 31.1 Å². The third-order valence-electron chi connectivity index (χ3n) is 5.85. The Hall–Kier alpha value is -2.67. The van der Waals surface area contributed by atoms with E-state index in [2.05, 4.69) is 34.3 Å². The molecule has 1 atom stereocenters. The summed E-state index contributed by atoms with van der Waals surface area (Å²) in [6.45, 7) is 8.48. The van der Waals surface area contributed by atoms with Crippen LogP contribution in [0.3, 0.4) is 0 Å². The lowest BCUT2D eigenvalue weighted by atomic mass is 10.1. The first-order chi connectivity index (χ1) is 14.1. The average molecular weight is 396 g/mol. The van der Waals surface area contributed by atoms with Crippen molar-refractivity contribution in [1.29, 1.82) is 0 Å². The number of hydrogen-bond acceptors (Lipinski definition) is 4. The normalized spacial score (nSPS) is 18.6. The van der Waals surface area contributed by atoms with Crippen molar-refractivity contribution in [3.63, 3.8) is 0 Å². The molecule has 1 fully saturated rings. The Morgan fingerprint density at radius 1 is 1.10 bits per heavy atom. The standard InChI is InChI=1S/C22H29N5O2/c1-3-19(27-20-15-17(2)23-26(20)10-9-21(27)28)22(29)25-13-11-24(12-14-25)16-18-7-5-4-6-8-18/h4-8,15,19H,3,9-14,16H2,1-2H3. The number of aromatic nitrogens is 2. The Morgan fingerprint density at radius 2 is 1.83 bits per heavy atom. The van der Waals surface area contributed by atoms with Crippen molar-refractivity contribution < 1.29 is 9.59 Å². The highest BCUT2D eigenvalue weighted by molar-refractivity contribution is 6.01. The van der Waals surface area contributed by atoms with E-state index in [9.17, 15) is 9.59 Å². The second kappa shape index (κ2) is 8.37. The van der Waals surface area contributed by atoms with E-state index in [-0.39, 0.29) is 11.8 Å². The lowest BCUT2D eigenvalue weighted by Crippen LogP contribution is -2.57. The van der Waals surface area contributed by atoms with E-state index in [0.29, 0.717) is 32.5 Å². The quantitative estimate of drug-likeness (QED) is 0.777. The van der Waals surface area contributed by atoms with Crippen LogP contribution in [-0.2, 0) is 22.7 Å². The first-order valence-electron chi connectivity index (χ1n) is 10.5. The number of hydrogen-bond donors (Lipinski definition) is 0. The van der Waals surface area contributed by atoms with Gasteiger partial charge in [0.25, 0.3) is 0 Å². The molecular weight excluding hydrogens is 366 g/mol. The van der Waals surface area contributed by atoms with Gasteiger partial charge in [0.2, 0.25) is 11.8 Å². The number of piperazine rings is 1. The van der Waals surface area contributed by atoms with E-state index in [1.165, 1.54) is 5.56 Å². The molecule has 1 aromatic carbocycles. The molecule has 1 aromatic heterocycles. The summed E-state index contributed by atoms with van der Waals surface area (Å²) in [6, 6.07) is 11.9. The Kier molecular flexibility index (Phi) is 5.67. The van der Waals surface area contributed by atoms with Crippen LogP contribution in [0.25, 0.3) is 0 Å². The third-order valence-corrected chi connectivity index (χ3v) is 5.85. The second-order valence-corrected chi connectivity index (χ2v) is 7.89. The van der Waals surface area contributed by atoms with Gasteiger partial charge in [-0.25, -0.2) is 4.68 Å². The first kappa shape index (κ1) is 19.6. The molecule has 4 rings (SSSR count). The predicted octanol–water partition coefficient (Wildman–Crippen LogP) is 2.05. The lowest BCUT2D eigenvalue weighted by Gasteiger charge is -2.39. The minimum absolute atomic E-state index is 0.0142. The van der Waals surface area contributed by atoms with Crippen LogP contribution in [0.15, 0.2) is 36.4 Å². The maximum atomic E-state index is 13.3. The molecule has 0 aliphatic carbocycles. The molecule has 1 saturated heterocycles. The summed E-state index contributed by atoms with van der Waals surface area (Å²) in [5.41, 5.74) is 2.16. The monoisotopic (exact) mass is 395 g/mol. The fraction of sp³-hybridized carbons (Fsp3) is 0.500. The van der Waals surface area contributed by atoms with Gasteiger partial charge in [0.05, 0.1) is 12.2 Å². The smallest absolute Gasteiger partial charge is 0.245 e. The lowest BCUT2D eigenvalue weighted by molar-refractivity contribution is -0.136. The van der Waals surface area contributed by atoms with Crippen LogP contribution in [-0.4, -0.2) is 63.6 Å². The molecule has 1 unspecified atom stereocenters. The zero-order valence-electron chi connectivity index (χ0n) is 17.3. The van der Waals surface area contributed by atoms with E-state index in [1.54, 1.807) is 4.90 Å². The number of amides is 2. The fourth-order valence-electron chi connectivity index (χ4n) is 4.32. The molecule has 0 radical (unpaired) electrons. The molecule has 154 valence electrons. The molecule has 2 aliphatic rings. The first-order valence-corrected chi connectivity index (χ1v) is 10.5. The van der Waals surface area contributed by atoms with E-state index < -0.39 is 6.04 Å². The minimum Gasteiger partial charge on any atom is -0.338 e. The average Bonchev–Trinajstić information content (AvgIpc) is 3.11. The molecule has 3 heterocycles. The van der Waals surface area contributed by atoms with Crippen LogP contribution in [0.4, 0.5) is 5.82 Å². The Labute approximate surface area is 171 Å². The summed E-state index contributed by atoms with van der Waals surface area (Å²) < 4.78 is 1.85. The summed E-state index contributed by atoms with van der Waals surface area (Å²) in [6.07, 6.45) is 0.988. The van der Waals surface area contributed by atoms with Crippen molar-refractivity contribution >= 4 is 17.6 Å². The van der Waals surface area contributed by atoms with Gasteiger partial charge < -0.3 is 4.90 Å². The summed E-state index contributed by atoms with van der Waals surface area (Å²) in [5, 5.41) is 4.47. The van der Waals surface area contributed by atoms with Crippen molar-refractivity contribution in [1.82, 2.24) is 19.6 Å². The van der Waals surface area contributed by atoms with Crippen molar-refractivity contribution in [2.24, 2.45) is 0 Å². The van der Waals surface area contributed by atoms with E-state index in [1.807, 2.05) is 35.6 Å². The highest BCUT2D eigenvalue weighted by Crippen LogP contribution is 2.27. The molecule has 0 N–H and O–H groups in total. The minimum atomic E-state index is -0.460. The molecule has 2 aromatic rings. The number of carbonyl (C=O) groups is 2. The summed E-state index contributed by atoms with van der Waals surface area (Å²) in [5.74, 6) is 0.814. The number of carbonyl (C=O) groups excluding carboxylic acids is 2. The van der Waals surface area contributed by atoms with Crippen molar-refractivity contribution in [2.45, 2.75) is 45.8 Å². The van der Waals surface area contributed by atoms with Gasteiger partial charge in [0, 0.05) is 45.2 Å². The number of fused-ring (bicyclic) bond motifs is 1. The summed E-state index contributed by atoms with van der Waals surface area (Å²) in [7, 11) is 0. The molecule has 7 nitrogen and oxygen atoms in total. The number of aryl methyl sites for hydroxylation is 2. The molecular formula is C22H29N5O2. The highest BCUT2D eigenvalue weighted by atomic mass is 16.2. The molecule has 0 saturated carbocycles. The predicted molar refractivity (Wildman–Crippen MR) is 111 cm³/mol. The van der Waals surface area contributed by atoms with Gasteiger partial charge in [-0.3, -0.25) is 19.4 Å². The molecule has 0 bridgehead atoms.